The topological polar surface area (TPSA) is 71.1 Å². The zero-order chi connectivity index (χ0) is 25.7. The van der Waals surface area contributed by atoms with E-state index >= 15 is 0 Å². The summed E-state index contributed by atoms with van der Waals surface area (Å²) < 4.78 is 22.4. The molecule has 0 aliphatic heterocycles. The summed E-state index contributed by atoms with van der Waals surface area (Å²) in [5, 5.41) is 2.24. The third kappa shape index (κ3) is 5.32. The molecule has 3 aromatic carbocycles. The van der Waals surface area contributed by atoms with Gasteiger partial charge in [-0.05, 0) is 73.1 Å². The van der Waals surface area contributed by atoms with Crippen LogP contribution in [0.4, 0.5) is 0 Å². The molecule has 190 valence electrons. The third-order valence-corrected chi connectivity index (χ3v) is 7.23. The molecule has 1 saturated carbocycles. The van der Waals surface area contributed by atoms with Crippen molar-refractivity contribution in [3.63, 3.8) is 0 Å². The van der Waals surface area contributed by atoms with Gasteiger partial charge >= 0.3 is 11.9 Å². The van der Waals surface area contributed by atoms with Crippen molar-refractivity contribution in [2.75, 3.05) is 14.2 Å². The number of benzene rings is 3. The number of esters is 2. The second-order valence-electron chi connectivity index (χ2n) is 9.60. The van der Waals surface area contributed by atoms with Gasteiger partial charge in [0.1, 0.15) is 23.7 Å². The Morgan fingerprint density at radius 2 is 1.67 bits per heavy atom. The monoisotopic (exact) mass is 490 g/mol. The molecule has 6 nitrogen and oxygen atoms in total. The number of aryl methyl sites for hydroxylation is 1. The number of carbonyl (C=O) groups is 2. The highest BCUT2D eigenvalue weighted by molar-refractivity contribution is 5.93. The molecule has 0 radical (unpaired) electrons. The molecule has 36 heavy (non-hydrogen) atoms. The van der Waals surface area contributed by atoms with Crippen molar-refractivity contribution in [2.45, 2.75) is 58.7 Å². The Morgan fingerprint density at radius 3 is 2.36 bits per heavy atom. The fourth-order valence-corrected chi connectivity index (χ4v) is 4.89. The molecule has 4 rings (SSSR count). The Bertz CT molecular complexity index is 1230. The lowest BCUT2D eigenvalue weighted by Gasteiger charge is -2.35. The highest BCUT2D eigenvalue weighted by Crippen LogP contribution is 2.40. The molecule has 0 heterocycles. The van der Waals surface area contributed by atoms with Gasteiger partial charge in [-0.25, -0.2) is 4.79 Å². The maximum absolute atomic E-state index is 13.1. The van der Waals surface area contributed by atoms with Crippen LogP contribution in [0.5, 0.6) is 11.5 Å². The molecule has 3 aromatic rings. The number of fused-ring (bicyclic) bond motifs is 1. The van der Waals surface area contributed by atoms with Gasteiger partial charge in [0, 0.05) is 0 Å². The number of hydrogen-bond acceptors (Lipinski definition) is 6. The van der Waals surface area contributed by atoms with Gasteiger partial charge in [-0.1, -0.05) is 49.4 Å². The van der Waals surface area contributed by atoms with Gasteiger partial charge < -0.3 is 18.9 Å². The Hall–Kier alpha value is -3.54. The molecular formula is C30H34O6. The van der Waals surface area contributed by atoms with Gasteiger partial charge in [0.2, 0.25) is 0 Å². The zero-order valence-corrected chi connectivity index (χ0v) is 21.5. The number of hydrogen-bond donors (Lipinski definition) is 0. The highest BCUT2D eigenvalue weighted by Gasteiger charge is 2.39. The highest BCUT2D eigenvalue weighted by atomic mass is 16.5. The summed E-state index contributed by atoms with van der Waals surface area (Å²) in [5.41, 5.74) is 1.76. The van der Waals surface area contributed by atoms with Crippen LogP contribution in [0.2, 0.25) is 0 Å². The number of methoxy groups -OCH3 is 2. The van der Waals surface area contributed by atoms with Crippen molar-refractivity contribution in [3.05, 3.63) is 71.3 Å². The molecule has 0 atom stereocenters. The number of rotatable bonds is 8. The third-order valence-electron chi connectivity index (χ3n) is 7.23. The number of ether oxygens (including phenoxy) is 4. The second kappa shape index (κ2) is 11.0. The van der Waals surface area contributed by atoms with Crippen molar-refractivity contribution >= 4 is 22.7 Å². The van der Waals surface area contributed by atoms with Gasteiger partial charge in [-0.3, -0.25) is 4.79 Å². The first-order valence-corrected chi connectivity index (χ1v) is 12.5. The fourth-order valence-electron chi connectivity index (χ4n) is 4.89. The summed E-state index contributed by atoms with van der Waals surface area (Å²) in [6.07, 6.45) is 3.48. The first-order chi connectivity index (χ1) is 17.4. The molecule has 1 aliphatic carbocycles. The fraction of sp³-hybridized carbons (Fsp3) is 0.400. The Labute approximate surface area is 212 Å². The SMILES string of the molecule is CCc1cc(OC)c(C(=O)OC)cc1O[C@H]1CC[C@@](C)(C(=O)OCc2cccc3ccccc23)CC1. The van der Waals surface area contributed by atoms with Crippen LogP contribution < -0.4 is 9.47 Å². The van der Waals surface area contributed by atoms with Crippen LogP contribution in [0, 0.1) is 5.41 Å². The summed E-state index contributed by atoms with van der Waals surface area (Å²) in [6.45, 7) is 4.27. The Morgan fingerprint density at radius 1 is 0.944 bits per heavy atom. The molecule has 0 saturated heterocycles. The van der Waals surface area contributed by atoms with E-state index in [1.165, 1.54) is 14.2 Å². The zero-order valence-electron chi connectivity index (χ0n) is 21.5. The van der Waals surface area contributed by atoms with Crippen molar-refractivity contribution in [3.8, 4) is 11.5 Å². The molecule has 0 bridgehead atoms. The van der Waals surface area contributed by atoms with E-state index in [0.717, 1.165) is 41.2 Å². The van der Waals surface area contributed by atoms with E-state index in [9.17, 15) is 9.59 Å². The minimum Gasteiger partial charge on any atom is -0.496 e. The van der Waals surface area contributed by atoms with Gasteiger partial charge in [-0.15, -0.1) is 0 Å². The summed E-state index contributed by atoms with van der Waals surface area (Å²) in [6, 6.07) is 17.7. The average molecular weight is 491 g/mol. The lowest BCUT2D eigenvalue weighted by Crippen LogP contribution is -2.37. The maximum atomic E-state index is 13.1. The van der Waals surface area contributed by atoms with Gasteiger partial charge in [0.05, 0.1) is 25.7 Å². The molecule has 0 spiro atoms. The van der Waals surface area contributed by atoms with E-state index in [1.807, 2.05) is 44.2 Å². The summed E-state index contributed by atoms with van der Waals surface area (Å²) in [5.74, 6) is 0.493. The van der Waals surface area contributed by atoms with E-state index in [1.54, 1.807) is 6.07 Å². The molecule has 0 N–H and O–H groups in total. The van der Waals surface area contributed by atoms with E-state index in [-0.39, 0.29) is 18.7 Å². The minimum absolute atomic E-state index is 0.0480. The normalized spacial score (nSPS) is 19.5. The van der Waals surface area contributed by atoms with Gasteiger partial charge in [0.15, 0.2) is 0 Å². The van der Waals surface area contributed by atoms with Crippen LogP contribution >= 0.6 is 0 Å². The smallest absolute Gasteiger partial charge is 0.341 e. The van der Waals surface area contributed by atoms with Crippen LogP contribution in [0.25, 0.3) is 10.8 Å². The lowest BCUT2D eigenvalue weighted by atomic mass is 9.74. The molecule has 1 fully saturated rings. The van der Waals surface area contributed by atoms with E-state index < -0.39 is 11.4 Å². The maximum Gasteiger partial charge on any atom is 0.341 e. The largest absolute Gasteiger partial charge is 0.496 e. The molecule has 6 heteroatoms. The van der Waals surface area contributed by atoms with E-state index in [0.29, 0.717) is 29.9 Å². The second-order valence-corrected chi connectivity index (χ2v) is 9.60. The molecular weight excluding hydrogens is 456 g/mol. The van der Waals surface area contributed by atoms with Crippen molar-refractivity contribution in [2.24, 2.45) is 5.41 Å². The first-order valence-electron chi connectivity index (χ1n) is 12.5. The van der Waals surface area contributed by atoms with Gasteiger partial charge in [-0.2, -0.15) is 0 Å². The van der Waals surface area contributed by atoms with Crippen LogP contribution in [-0.4, -0.2) is 32.3 Å². The molecule has 0 aromatic heterocycles. The quantitative estimate of drug-likeness (QED) is 0.347. The predicted molar refractivity (Wildman–Crippen MR) is 138 cm³/mol. The van der Waals surface area contributed by atoms with Crippen molar-refractivity contribution < 1.29 is 28.5 Å². The standard InChI is InChI=1S/C30H34O6/c1-5-20-17-27(33-3)25(28(31)34-4)18-26(20)36-23-13-15-30(2,16-14-23)29(32)35-19-22-11-8-10-21-9-6-7-12-24(21)22/h6-12,17-18,23H,5,13-16,19H2,1-4H3/t23-,30+. The number of carbonyl (C=O) groups excluding carboxylic acids is 2. The minimum atomic E-state index is -0.547. The molecule has 0 unspecified atom stereocenters. The van der Waals surface area contributed by atoms with Crippen LogP contribution in [0.1, 0.15) is 61.0 Å². The van der Waals surface area contributed by atoms with E-state index in [4.69, 9.17) is 18.9 Å². The average Bonchev–Trinajstić information content (AvgIpc) is 2.92. The van der Waals surface area contributed by atoms with E-state index in [2.05, 4.69) is 18.2 Å². The predicted octanol–water partition coefficient (Wildman–Crippen LogP) is 6.27. The summed E-state index contributed by atoms with van der Waals surface area (Å²) in [4.78, 5) is 25.3. The lowest BCUT2D eigenvalue weighted by molar-refractivity contribution is -0.159. The van der Waals surface area contributed by atoms with Crippen LogP contribution in [0.3, 0.4) is 0 Å². The van der Waals surface area contributed by atoms with Crippen LogP contribution in [0.15, 0.2) is 54.6 Å². The molecule has 0 amide bonds. The first kappa shape index (κ1) is 25.5. The van der Waals surface area contributed by atoms with Crippen LogP contribution in [-0.2, 0) is 27.3 Å². The Kier molecular flexibility index (Phi) is 7.82. The summed E-state index contributed by atoms with van der Waals surface area (Å²) >= 11 is 0. The van der Waals surface area contributed by atoms with Crippen molar-refractivity contribution in [1.82, 2.24) is 0 Å². The summed E-state index contributed by atoms with van der Waals surface area (Å²) in [7, 11) is 2.88. The van der Waals surface area contributed by atoms with Crippen molar-refractivity contribution in [1.29, 1.82) is 0 Å². The van der Waals surface area contributed by atoms with Gasteiger partial charge in [0.25, 0.3) is 0 Å². The molecule has 1 aliphatic rings. The Balaban J connectivity index is 1.40.